The standard InChI is InChI=1S/C21H22ClFN4O2/c22-18-3-1-2-4-19(18)28-14-13-26-9-11-27(12-10-26)15-20-24-25-21(29-20)16-5-7-17(23)8-6-16/h1-8H,9-15H2. The van der Waals surface area contributed by atoms with Gasteiger partial charge < -0.3 is 9.15 Å². The maximum absolute atomic E-state index is 13.0. The second-order valence-corrected chi connectivity index (χ2v) is 7.31. The SMILES string of the molecule is Fc1ccc(-c2nnc(CN3CCN(CCOc4ccccc4Cl)CC3)o2)cc1. The molecule has 3 aromatic rings. The molecule has 1 saturated heterocycles. The van der Waals surface area contributed by atoms with Crippen LogP contribution in [0, 0.1) is 5.82 Å². The lowest BCUT2D eigenvalue weighted by Gasteiger charge is -2.33. The molecule has 1 fully saturated rings. The maximum atomic E-state index is 13.0. The number of piperazine rings is 1. The lowest BCUT2D eigenvalue weighted by molar-refractivity contribution is 0.106. The fourth-order valence-corrected chi connectivity index (χ4v) is 3.43. The molecular formula is C21H22ClFN4O2. The van der Waals surface area contributed by atoms with Crippen molar-refractivity contribution < 1.29 is 13.5 Å². The zero-order chi connectivity index (χ0) is 20.1. The van der Waals surface area contributed by atoms with Crippen molar-refractivity contribution in [1.82, 2.24) is 20.0 Å². The van der Waals surface area contributed by atoms with Crippen molar-refractivity contribution in [1.29, 1.82) is 0 Å². The number of benzene rings is 2. The summed E-state index contributed by atoms with van der Waals surface area (Å²) in [6, 6.07) is 13.5. The van der Waals surface area contributed by atoms with Crippen LogP contribution in [-0.2, 0) is 6.54 Å². The number of ether oxygens (including phenoxy) is 1. The quantitative estimate of drug-likeness (QED) is 0.585. The summed E-state index contributed by atoms with van der Waals surface area (Å²) in [5.41, 5.74) is 0.716. The Morgan fingerprint density at radius 2 is 1.69 bits per heavy atom. The van der Waals surface area contributed by atoms with Crippen LogP contribution in [0.3, 0.4) is 0 Å². The third kappa shape index (κ3) is 5.32. The Bertz CT molecular complexity index is 926. The largest absolute Gasteiger partial charge is 0.491 e. The topological polar surface area (TPSA) is 54.6 Å². The van der Waals surface area contributed by atoms with E-state index >= 15 is 0 Å². The van der Waals surface area contributed by atoms with Crippen LogP contribution in [0.5, 0.6) is 5.75 Å². The van der Waals surface area contributed by atoms with Gasteiger partial charge in [-0.05, 0) is 36.4 Å². The predicted octanol–water partition coefficient (Wildman–Crippen LogP) is 3.73. The van der Waals surface area contributed by atoms with E-state index in [1.807, 2.05) is 24.3 Å². The van der Waals surface area contributed by atoms with E-state index in [0.717, 1.165) is 38.5 Å². The van der Waals surface area contributed by atoms with E-state index in [4.69, 9.17) is 20.8 Å². The Hall–Kier alpha value is -2.48. The maximum Gasteiger partial charge on any atom is 0.247 e. The number of para-hydroxylation sites is 1. The second-order valence-electron chi connectivity index (χ2n) is 6.90. The number of halogens is 2. The van der Waals surface area contributed by atoms with E-state index in [0.29, 0.717) is 35.5 Å². The molecule has 4 rings (SSSR count). The first-order valence-corrected chi connectivity index (χ1v) is 9.95. The molecule has 0 aliphatic carbocycles. The van der Waals surface area contributed by atoms with E-state index in [9.17, 15) is 4.39 Å². The van der Waals surface area contributed by atoms with Crippen molar-refractivity contribution in [2.45, 2.75) is 6.54 Å². The Balaban J connectivity index is 1.21. The smallest absolute Gasteiger partial charge is 0.247 e. The van der Waals surface area contributed by atoms with Gasteiger partial charge in [0, 0.05) is 38.3 Å². The van der Waals surface area contributed by atoms with E-state index in [-0.39, 0.29) is 5.82 Å². The lowest BCUT2D eigenvalue weighted by Crippen LogP contribution is -2.47. The highest BCUT2D eigenvalue weighted by Crippen LogP contribution is 2.23. The van der Waals surface area contributed by atoms with Gasteiger partial charge in [0.15, 0.2) is 0 Å². The summed E-state index contributed by atoms with van der Waals surface area (Å²) in [7, 11) is 0. The number of nitrogens with zero attached hydrogens (tertiary/aromatic N) is 4. The molecule has 0 saturated carbocycles. The Kier molecular flexibility index (Phi) is 6.39. The van der Waals surface area contributed by atoms with E-state index in [1.54, 1.807) is 12.1 Å². The molecule has 0 spiro atoms. The number of hydrogen-bond donors (Lipinski definition) is 0. The molecule has 0 bridgehead atoms. The molecule has 2 heterocycles. The van der Waals surface area contributed by atoms with Crippen molar-refractivity contribution >= 4 is 11.6 Å². The van der Waals surface area contributed by atoms with Gasteiger partial charge in [0.2, 0.25) is 11.8 Å². The first-order valence-electron chi connectivity index (χ1n) is 9.58. The van der Waals surface area contributed by atoms with E-state index in [1.165, 1.54) is 12.1 Å². The average molecular weight is 417 g/mol. The van der Waals surface area contributed by atoms with Crippen LogP contribution in [0.25, 0.3) is 11.5 Å². The highest BCUT2D eigenvalue weighted by Gasteiger charge is 2.19. The summed E-state index contributed by atoms with van der Waals surface area (Å²) in [5.74, 6) is 1.42. The molecule has 29 heavy (non-hydrogen) atoms. The van der Waals surface area contributed by atoms with Crippen molar-refractivity contribution in [3.8, 4) is 17.2 Å². The van der Waals surface area contributed by atoms with E-state index in [2.05, 4.69) is 20.0 Å². The van der Waals surface area contributed by atoms with Crippen LogP contribution in [0.4, 0.5) is 4.39 Å². The minimum absolute atomic E-state index is 0.288. The lowest BCUT2D eigenvalue weighted by atomic mass is 10.2. The Labute approximate surface area is 173 Å². The third-order valence-electron chi connectivity index (χ3n) is 4.88. The fraction of sp³-hybridized carbons (Fsp3) is 0.333. The van der Waals surface area contributed by atoms with Gasteiger partial charge in [-0.3, -0.25) is 9.80 Å². The third-order valence-corrected chi connectivity index (χ3v) is 5.20. The van der Waals surface area contributed by atoms with Crippen molar-refractivity contribution in [3.05, 3.63) is 65.3 Å². The normalized spacial score (nSPS) is 15.5. The molecule has 0 unspecified atom stereocenters. The highest BCUT2D eigenvalue weighted by atomic mass is 35.5. The van der Waals surface area contributed by atoms with Gasteiger partial charge in [0.25, 0.3) is 0 Å². The van der Waals surface area contributed by atoms with Gasteiger partial charge in [-0.2, -0.15) is 0 Å². The van der Waals surface area contributed by atoms with Gasteiger partial charge in [-0.25, -0.2) is 4.39 Å². The first kappa shape index (κ1) is 19.8. The Morgan fingerprint density at radius 1 is 0.966 bits per heavy atom. The molecule has 6 nitrogen and oxygen atoms in total. The summed E-state index contributed by atoms with van der Waals surface area (Å²) in [6.07, 6.45) is 0. The van der Waals surface area contributed by atoms with Crippen molar-refractivity contribution in [2.24, 2.45) is 0 Å². The summed E-state index contributed by atoms with van der Waals surface area (Å²) in [6.45, 7) is 5.80. The first-order chi connectivity index (χ1) is 14.2. The zero-order valence-corrected chi connectivity index (χ0v) is 16.7. The van der Waals surface area contributed by atoms with Gasteiger partial charge in [0.05, 0.1) is 11.6 Å². The molecular weight excluding hydrogens is 395 g/mol. The molecule has 1 aromatic heterocycles. The minimum atomic E-state index is -0.288. The minimum Gasteiger partial charge on any atom is -0.491 e. The summed E-state index contributed by atoms with van der Waals surface area (Å²) in [4.78, 5) is 4.65. The van der Waals surface area contributed by atoms with Crippen LogP contribution in [0.15, 0.2) is 52.9 Å². The van der Waals surface area contributed by atoms with Crippen molar-refractivity contribution in [2.75, 3.05) is 39.3 Å². The molecule has 1 aliphatic rings. The molecule has 2 aromatic carbocycles. The van der Waals surface area contributed by atoms with Crippen LogP contribution >= 0.6 is 11.6 Å². The molecule has 1 aliphatic heterocycles. The van der Waals surface area contributed by atoms with Gasteiger partial charge in [-0.1, -0.05) is 23.7 Å². The summed E-state index contributed by atoms with van der Waals surface area (Å²) >= 11 is 6.11. The molecule has 152 valence electrons. The van der Waals surface area contributed by atoms with E-state index < -0.39 is 0 Å². The Morgan fingerprint density at radius 3 is 2.45 bits per heavy atom. The van der Waals surface area contributed by atoms with Gasteiger partial charge in [0.1, 0.15) is 18.2 Å². The van der Waals surface area contributed by atoms with Crippen LogP contribution in [0.2, 0.25) is 5.02 Å². The van der Waals surface area contributed by atoms with Crippen LogP contribution < -0.4 is 4.74 Å². The molecule has 8 heteroatoms. The highest BCUT2D eigenvalue weighted by molar-refractivity contribution is 6.32. The zero-order valence-electron chi connectivity index (χ0n) is 15.9. The predicted molar refractivity (Wildman–Crippen MR) is 108 cm³/mol. The molecule has 0 atom stereocenters. The summed E-state index contributed by atoms with van der Waals surface area (Å²) < 4.78 is 24.5. The number of aromatic nitrogens is 2. The fourth-order valence-electron chi connectivity index (χ4n) is 3.24. The van der Waals surface area contributed by atoms with Crippen LogP contribution in [-0.4, -0.2) is 59.3 Å². The van der Waals surface area contributed by atoms with Crippen LogP contribution in [0.1, 0.15) is 5.89 Å². The number of hydrogen-bond acceptors (Lipinski definition) is 6. The number of rotatable bonds is 7. The average Bonchev–Trinajstić information content (AvgIpc) is 3.20. The summed E-state index contributed by atoms with van der Waals surface area (Å²) in [5, 5.41) is 8.83. The molecule has 0 amide bonds. The molecule has 0 N–H and O–H groups in total. The van der Waals surface area contributed by atoms with Gasteiger partial charge in [-0.15, -0.1) is 10.2 Å². The van der Waals surface area contributed by atoms with Crippen molar-refractivity contribution in [3.63, 3.8) is 0 Å². The van der Waals surface area contributed by atoms with Gasteiger partial charge >= 0.3 is 0 Å². The molecule has 0 radical (unpaired) electrons. The monoisotopic (exact) mass is 416 g/mol. The second kappa shape index (κ2) is 9.35.